The van der Waals surface area contributed by atoms with Crippen molar-refractivity contribution >= 4 is 11.6 Å². The van der Waals surface area contributed by atoms with Crippen LogP contribution in [0.25, 0.3) is 0 Å². The number of nitrogens with zero attached hydrogens (tertiary/aromatic N) is 1. The first-order valence-corrected chi connectivity index (χ1v) is 5.16. The minimum absolute atomic E-state index is 0.423. The summed E-state index contributed by atoms with van der Waals surface area (Å²) < 4.78 is 0. The Hall–Kier alpha value is -1.55. The number of anilines is 1. The van der Waals surface area contributed by atoms with Gasteiger partial charge in [-0.05, 0) is 24.5 Å². The molecule has 80 valence electrons. The van der Waals surface area contributed by atoms with E-state index in [9.17, 15) is 0 Å². The van der Waals surface area contributed by atoms with Gasteiger partial charge in [0.1, 0.15) is 0 Å². The Balaban J connectivity index is 1.99. The number of hydrogen-bond donors (Lipinski definition) is 3. The first-order valence-electron chi connectivity index (χ1n) is 5.16. The van der Waals surface area contributed by atoms with Crippen molar-refractivity contribution in [3.8, 4) is 0 Å². The Bertz CT molecular complexity index is 347. The maximum Gasteiger partial charge on any atom is 0.210 e. The standard InChI is InChI=1S/C11H16N4/c1-8-7-10(8)14-11(15-12)13-9-5-3-2-4-6-9/h2-6,8,10H,7,12H2,1H3,(H2,13,14,15). The average molecular weight is 204 g/mol. The van der Waals surface area contributed by atoms with E-state index in [4.69, 9.17) is 5.84 Å². The summed E-state index contributed by atoms with van der Waals surface area (Å²) in [5, 5.41) is 3.13. The number of para-hydroxylation sites is 1. The molecule has 0 amide bonds. The maximum atomic E-state index is 5.40. The van der Waals surface area contributed by atoms with Gasteiger partial charge in [-0.15, -0.1) is 0 Å². The average Bonchev–Trinajstić information content (AvgIpc) is 2.95. The molecule has 1 saturated carbocycles. The van der Waals surface area contributed by atoms with Crippen molar-refractivity contribution in [3.05, 3.63) is 30.3 Å². The third-order valence-electron chi connectivity index (χ3n) is 2.54. The first kappa shape index (κ1) is 9.98. The second-order valence-corrected chi connectivity index (χ2v) is 3.89. The molecule has 2 rings (SSSR count). The molecule has 0 bridgehead atoms. The molecule has 1 aromatic rings. The van der Waals surface area contributed by atoms with Gasteiger partial charge >= 0.3 is 0 Å². The third kappa shape index (κ3) is 2.70. The first-order chi connectivity index (χ1) is 7.29. The Labute approximate surface area is 89.6 Å². The Morgan fingerprint density at radius 3 is 2.60 bits per heavy atom. The monoisotopic (exact) mass is 204 g/mol. The molecule has 15 heavy (non-hydrogen) atoms. The molecule has 2 unspecified atom stereocenters. The van der Waals surface area contributed by atoms with Gasteiger partial charge in [-0.1, -0.05) is 25.1 Å². The summed E-state index contributed by atoms with van der Waals surface area (Å²) in [6.45, 7) is 2.19. The van der Waals surface area contributed by atoms with Gasteiger partial charge in [-0.3, -0.25) is 5.43 Å². The van der Waals surface area contributed by atoms with Crippen LogP contribution in [0, 0.1) is 5.92 Å². The summed E-state index contributed by atoms with van der Waals surface area (Å²) >= 11 is 0. The Morgan fingerprint density at radius 1 is 1.40 bits per heavy atom. The van der Waals surface area contributed by atoms with Crippen LogP contribution in [0.5, 0.6) is 0 Å². The van der Waals surface area contributed by atoms with Crippen molar-refractivity contribution in [2.24, 2.45) is 16.8 Å². The molecule has 2 atom stereocenters. The molecule has 4 heteroatoms. The zero-order valence-corrected chi connectivity index (χ0v) is 8.77. The van der Waals surface area contributed by atoms with E-state index in [1.165, 1.54) is 0 Å². The summed E-state index contributed by atoms with van der Waals surface area (Å²) in [6.07, 6.45) is 1.15. The number of hydrazine groups is 1. The number of nitrogens with two attached hydrogens (primary N) is 1. The molecule has 4 N–H and O–H groups in total. The van der Waals surface area contributed by atoms with Crippen LogP contribution in [-0.4, -0.2) is 12.0 Å². The summed E-state index contributed by atoms with van der Waals surface area (Å²) in [6, 6.07) is 10.3. The summed E-state index contributed by atoms with van der Waals surface area (Å²) in [4.78, 5) is 4.45. The lowest BCUT2D eigenvalue weighted by atomic mass is 10.3. The van der Waals surface area contributed by atoms with E-state index in [-0.39, 0.29) is 0 Å². The van der Waals surface area contributed by atoms with Gasteiger partial charge < -0.3 is 5.32 Å². The van der Waals surface area contributed by atoms with E-state index in [2.05, 4.69) is 22.7 Å². The number of benzene rings is 1. The van der Waals surface area contributed by atoms with Crippen LogP contribution >= 0.6 is 0 Å². The number of rotatable bonds is 2. The highest BCUT2D eigenvalue weighted by molar-refractivity contribution is 5.93. The smallest absolute Gasteiger partial charge is 0.210 e. The number of hydrogen-bond acceptors (Lipinski definition) is 2. The van der Waals surface area contributed by atoms with Gasteiger partial charge in [0.05, 0.1) is 6.04 Å². The van der Waals surface area contributed by atoms with Crippen LogP contribution in [0.1, 0.15) is 13.3 Å². The van der Waals surface area contributed by atoms with Crippen LogP contribution in [0.2, 0.25) is 0 Å². The van der Waals surface area contributed by atoms with Crippen LogP contribution in [0.3, 0.4) is 0 Å². The van der Waals surface area contributed by atoms with Crippen molar-refractivity contribution < 1.29 is 0 Å². The largest absolute Gasteiger partial charge is 0.325 e. The fourth-order valence-corrected chi connectivity index (χ4v) is 1.41. The quantitative estimate of drug-likeness (QED) is 0.295. The SMILES string of the molecule is CC1CC1N=C(NN)Nc1ccccc1. The normalized spacial score (nSPS) is 24.8. The molecule has 1 aliphatic rings. The Kier molecular flexibility index (Phi) is 2.87. The van der Waals surface area contributed by atoms with Crippen LogP contribution in [0.4, 0.5) is 5.69 Å². The fraction of sp³-hybridized carbons (Fsp3) is 0.364. The van der Waals surface area contributed by atoms with Gasteiger partial charge in [-0.2, -0.15) is 0 Å². The van der Waals surface area contributed by atoms with Crippen molar-refractivity contribution in [1.29, 1.82) is 0 Å². The molecule has 0 saturated heterocycles. The number of aliphatic imine (C=N–C) groups is 1. The summed E-state index contributed by atoms with van der Waals surface area (Å²) in [5.41, 5.74) is 3.57. The van der Waals surface area contributed by atoms with E-state index in [1.807, 2.05) is 30.3 Å². The zero-order valence-electron chi connectivity index (χ0n) is 8.77. The molecule has 0 spiro atoms. The minimum Gasteiger partial charge on any atom is -0.325 e. The van der Waals surface area contributed by atoms with Crippen LogP contribution in [-0.2, 0) is 0 Å². The fourth-order valence-electron chi connectivity index (χ4n) is 1.41. The lowest BCUT2D eigenvalue weighted by Gasteiger charge is -2.08. The maximum absolute atomic E-state index is 5.40. The third-order valence-corrected chi connectivity index (χ3v) is 2.54. The van der Waals surface area contributed by atoms with Gasteiger partial charge in [0.25, 0.3) is 0 Å². The molecule has 4 nitrogen and oxygen atoms in total. The van der Waals surface area contributed by atoms with E-state index < -0.39 is 0 Å². The number of nitrogens with one attached hydrogen (secondary N) is 2. The van der Waals surface area contributed by atoms with Gasteiger partial charge in [0.2, 0.25) is 5.96 Å². The molecule has 1 fully saturated rings. The van der Waals surface area contributed by atoms with Gasteiger partial charge in [-0.25, -0.2) is 10.8 Å². The van der Waals surface area contributed by atoms with Crippen molar-refractivity contribution in [2.45, 2.75) is 19.4 Å². The van der Waals surface area contributed by atoms with E-state index in [1.54, 1.807) is 0 Å². The van der Waals surface area contributed by atoms with Gasteiger partial charge in [0.15, 0.2) is 0 Å². The molecule has 0 radical (unpaired) electrons. The van der Waals surface area contributed by atoms with Crippen LogP contribution in [0.15, 0.2) is 35.3 Å². The highest BCUT2D eigenvalue weighted by Crippen LogP contribution is 2.32. The molecular weight excluding hydrogens is 188 g/mol. The highest BCUT2D eigenvalue weighted by atomic mass is 15.3. The predicted molar refractivity (Wildman–Crippen MR) is 62.4 cm³/mol. The number of guanidine groups is 1. The second kappa shape index (κ2) is 4.31. The van der Waals surface area contributed by atoms with Crippen molar-refractivity contribution in [2.75, 3.05) is 5.32 Å². The Morgan fingerprint density at radius 2 is 2.07 bits per heavy atom. The molecule has 1 aromatic carbocycles. The topological polar surface area (TPSA) is 62.4 Å². The van der Waals surface area contributed by atoms with Crippen molar-refractivity contribution in [3.63, 3.8) is 0 Å². The van der Waals surface area contributed by atoms with Gasteiger partial charge in [0, 0.05) is 5.69 Å². The highest BCUT2D eigenvalue weighted by Gasteiger charge is 2.32. The molecule has 0 aliphatic heterocycles. The lowest BCUT2D eigenvalue weighted by Crippen LogP contribution is -2.36. The lowest BCUT2D eigenvalue weighted by molar-refractivity contribution is 0.878. The van der Waals surface area contributed by atoms with Crippen LogP contribution < -0.4 is 16.6 Å². The molecule has 1 aliphatic carbocycles. The summed E-state index contributed by atoms with van der Waals surface area (Å²) in [5.74, 6) is 6.72. The minimum atomic E-state index is 0.423. The second-order valence-electron chi connectivity index (χ2n) is 3.89. The predicted octanol–water partition coefficient (Wildman–Crippen LogP) is 1.33. The molecular formula is C11H16N4. The molecule has 0 heterocycles. The van der Waals surface area contributed by atoms with E-state index >= 15 is 0 Å². The zero-order chi connectivity index (χ0) is 10.7. The van der Waals surface area contributed by atoms with Crippen molar-refractivity contribution in [1.82, 2.24) is 5.43 Å². The summed E-state index contributed by atoms with van der Waals surface area (Å²) in [7, 11) is 0. The molecule has 0 aromatic heterocycles. The van der Waals surface area contributed by atoms with E-state index in [0.717, 1.165) is 12.1 Å². The van der Waals surface area contributed by atoms with E-state index in [0.29, 0.717) is 17.9 Å².